The van der Waals surface area contributed by atoms with Gasteiger partial charge in [0.2, 0.25) is 0 Å². The van der Waals surface area contributed by atoms with Crippen LogP contribution in [0.5, 0.6) is 11.5 Å². The Morgan fingerprint density at radius 1 is 1.16 bits per heavy atom. The molecular weight excluding hydrogens is 356 g/mol. The van der Waals surface area contributed by atoms with E-state index in [0.29, 0.717) is 18.8 Å². The van der Waals surface area contributed by atoms with Gasteiger partial charge < -0.3 is 14.4 Å². The summed E-state index contributed by atoms with van der Waals surface area (Å²) in [6.07, 6.45) is 0. The van der Waals surface area contributed by atoms with Crippen molar-refractivity contribution in [2.45, 2.75) is 0 Å². The zero-order valence-electron chi connectivity index (χ0n) is 14.0. The number of hydrogen-bond donors (Lipinski definition) is 0. The van der Waals surface area contributed by atoms with E-state index in [-0.39, 0.29) is 5.91 Å². The molecule has 25 heavy (non-hydrogen) atoms. The Morgan fingerprint density at radius 3 is 2.60 bits per heavy atom. The fourth-order valence-corrected chi connectivity index (χ4v) is 3.67. The molecule has 7 heteroatoms. The Hall–Kier alpha value is -2.38. The summed E-state index contributed by atoms with van der Waals surface area (Å²) in [4.78, 5) is 18.5. The molecule has 2 heterocycles. The first kappa shape index (κ1) is 17.4. The van der Waals surface area contributed by atoms with Gasteiger partial charge in [-0.3, -0.25) is 4.79 Å². The second kappa shape index (κ2) is 8.13. The summed E-state index contributed by atoms with van der Waals surface area (Å²) in [6.45, 7) is 0.895. The molecule has 0 aliphatic heterocycles. The molecular formula is C18H18N2O3S2. The van der Waals surface area contributed by atoms with Crippen molar-refractivity contribution in [3.63, 3.8) is 0 Å². The van der Waals surface area contributed by atoms with Crippen LogP contribution >= 0.6 is 22.7 Å². The monoisotopic (exact) mass is 374 g/mol. The zero-order valence-corrected chi connectivity index (χ0v) is 15.6. The van der Waals surface area contributed by atoms with E-state index in [1.807, 2.05) is 41.1 Å². The van der Waals surface area contributed by atoms with Crippen LogP contribution in [0.1, 0.15) is 10.5 Å². The summed E-state index contributed by atoms with van der Waals surface area (Å²) in [7, 11) is 3.38. The lowest BCUT2D eigenvalue weighted by atomic mass is 10.3. The van der Waals surface area contributed by atoms with Gasteiger partial charge in [-0.2, -0.15) is 11.3 Å². The Morgan fingerprint density at radius 2 is 1.92 bits per heavy atom. The normalized spacial score (nSPS) is 10.5. The lowest BCUT2D eigenvalue weighted by Gasteiger charge is -2.16. The number of carbonyl (C=O) groups is 1. The second-order valence-corrected chi connectivity index (χ2v) is 6.94. The number of hydrogen-bond acceptors (Lipinski definition) is 6. The third-order valence-electron chi connectivity index (χ3n) is 3.59. The van der Waals surface area contributed by atoms with E-state index in [4.69, 9.17) is 9.47 Å². The van der Waals surface area contributed by atoms with Gasteiger partial charge in [0.25, 0.3) is 5.91 Å². The van der Waals surface area contributed by atoms with Crippen molar-refractivity contribution in [2.75, 3.05) is 27.3 Å². The summed E-state index contributed by atoms with van der Waals surface area (Å²) < 4.78 is 10.8. The Balaban J connectivity index is 1.52. The van der Waals surface area contributed by atoms with E-state index in [9.17, 15) is 4.79 Å². The third-order valence-corrected chi connectivity index (χ3v) is 5.17. The van der Waals surface area contributed by atoms with E-state index >= 15 is 0 Å². The van der Waals surface area contributed by atoms with Gasteiger partial charge in [-0.05, 0) is 35.7 Å². The minimum absolute atomic E-state index is 0.101. The maximum Gasteiger partial charge on any atom is 0.273 e. The molecule has 1 aromatic carbocycles. The predicted octanol–water partition coefficient (Wildman–Crippen LogP) is 4.03. The van der Waals surface area contributed by atoms with Crippen LogP contribution in [0.15, 0.2) is 46.5 Å². The summed E-state index contributed by atoms with van der Waals surface area (Å²) in [5.41, 5.74) is 1.53. The SMILES string of the molecule is COc1ccc(OCCN(C)C(=O)c2csc(-c3ccsc3)n2)cc1. The molecule has 3 aromatic rings. The number of amides is 1. The highest BCUT2D eigenvalue weighted by Crippen LogP contribution is 2.26. The summed E-state index contributed by atoms with van der Waals surface area (Å²) in [5, 5.41) is 6.70. The molecule has 0 saturated heterocycles. The first-order chi connectivity index (χ1) is 12.2. The van der Waals surface area contributed by atoms with Crippen molar-refractivity contribution in [3.05, 3.63) is 52.2 Å². The highest BCUT2D eigenvalue weighted by Gasteiger charge is 2.16. The van der Waals surface area contributed by atoms with Gasteiger partial charge >= 0.3 is 0 Å². The molecule has 0 aliphatic rings. The highest BCUT2D eigenvalue weighted by molar-refractivity contribution is 7.14. The maximum atomic E-state index is 12.5. The van der Waals surface area contributed by atoms with Crippen LogP contribution in [0, 0.1) is 0 Å². The van der Waals surface area contributed by atoms with Gasteiger partial charge in [-0.25, -0.2) is 4.98 Å². The minimum atomic E-state index is -0.101. The van der Waals surface area contributed by atoms with Crippen LogP contribution in [-0.4, -0.2) is 43.1 Å². The van der Waals surface area contributed by atoms with Crippen LogP contribution in [0.25, 0.3) is 10.6 Å². The van der Waals surface area contributed by atoms with Crippen LogP contribution in [0.4, 0.5) is 0 Å². The number of ether oxygens (including phenoxy) is 2. The zero-order chi connectivity index (χ0) is 17.6. The molecule has 0 saturated carbocycles. The smallest absolute Gasteiger partial charge is 0.273 e. The Labute approximate surface area is 154 Å². The van der Waals surface area contributed by atoms with Crippen molar-refractivity contribution in [1.29, 1.82) is 0 Å². The average molecular weight is 374 g/mol. The molecule has 0 aliphatic carbocycles. The summed E-state index contributed by atoms with van der Waals surface area (Å²) in [5.74, 6) is 1.43. The molecule has 0 bridgehead atoms. The Kier molecular flexibility index (Phi) is 5.67. The Bertz CT molecular complexity index is 813. The average Bonchev–Trinajstić information content (AvgIpc) is 3.33. The predicted molar refractivity (Wildman–Crippen MR) is 101 cm³/mol. The number of methoxy groups -OCH3 is 1. The number of aromatic nitrogens is 1. The third kappa shape index (κ3) is 4.37. The van der Waals surface area contributed by atoms with Gasteiger partial charge in [-0.15, -0.1) is 11.3 Å². The van der Waals surface area contributed by atoms with Crippen molar-refractivity contribution < 1.29 is 14.3 Å². The summed E-state index contributed by atoms with van der Waals surface area (Å²) >= 11 is 3.10. The van der Waals surface area contributed by atoms with Crippen LogP contribution in [0.2, 0.25) is 0 Å². The molecule has 0 atom stereocenters. The lowest BCUT2D eigenvalue weighted by Crippen LogP contribution is -2.31. The van der Waals surface area contributed by atoms with E-state index in [2.05, 4.69) is 4.98 Å². The molecule has 0 N–H and O–H groups in total. The van der Waals surface area contributed by atoms with Crippen molar-refractivity contribution in [2.24, 2.45) is 0 Å². The van der Waals surface area contributed by atoms with Crippen LogP contribution in [0.3, 0.4) is 0 Å². The van der Waals surface area contributed by atoms with Crippen molar-refractivity contribution >= 4 is 28.6 Å². The number of rotatable bonds is 7. The molecule has 5 nitrogen and oxygen atoms in total. The van der Waals surface area contributed by atoms with Gasteiger partial charge in [0, 0.05) is 23.4 Å². The van der Waals surface area contributed by atoms with Gasteiger partial charge in [0.05, 0.1) is 13.7 Å². The molecule has 130 valence electrons. The number of benzene rings is 1. The number of thiophene rings is 1. The standard InChI is InChI=1S/C18H18N2O3S2/c1-20(8-9-23-15-5-3-14(22-2)4-6-15)18(21)16-12-25-17(19-16)13-7-10-24-11-13/h3-7,10-12H,8-9H2,1-2H3. The number of likely N-dealkylation sites (N-methyl/N-ethyl adjacent to an activating group) is 1. The first-order valence-corrected chi connectivity index (χ1v) is 9.50. The number of nitrogens with zero attached hydrogens (tertiary/aromatic N) is 2. The quantitative estimate of drug-likeness (QED) is 0.626. The lowest BCUT2D eigenvalue weighted by molar-refractivity contribution is 0.0769. The highest BCUT2D eigenvalue weighted by atomic mass is 32.1. The second-order valence-electron chi connectivity index (χ2n) is 5.30. The van der Waals surface area contributed by atoms with Crippen LogP contribution < -0.4 is 9.47 Å². The van der Waals surface area contributed by atoms with E-state index in [1.165, 1.54) is 11.3 Å². The number of carbonyl (C=O) groups excluding carboxylic acids is 1. The van der Waals surface area contributed by atoms with E-state index in [0.717, 1.165) is 22.1 Å². The largest absolute Gasteiger partial charge is 0.497 e. The van der Waals surface area contributed by atoms with E-state index in [1.54, 1.807) is 35.8 Å². The first-order valence-electron chi connectivity index (χ1n) is 7.68. The molecule has 3 rings (SSSR count). The minimum Gasteiger partial charge on any atom is -0.497 e. The summed E-state index contributed by atoms with van der Waals surface area (Å²) in [6, 6.07) is 9.36. The van der Waals surface area contributed by atoms with Gasteiger partial charge in [0.1, 0.15) is 28.8 Å². The molecule has 1 amide bonds. The molecule has 2 aromatic heterocycles. The topological polar surface area (TPSA) is 51.7 Å². The molecule has 0 unspecified atom stereocenters. The maximum absolute atomic E-state index is 12.5. The fourth-order valence-electron chi connectivity index (χ4n) is 2.16. The molecule has 0 radical (unpaired) electrons. The molecule has 0 fully saturated rings. The number of thiazole rings is 1. The van der Waals surface area contributed by atoms with Crippen molar-refractivity contribution in [3.8, 4) is 22.1 Å². The fraction of sp³-hybridized carbons (Fsp3) is 0.222. The van der Waals surface area contributed by atoms with Crippen LogP contribution in [-0.2, 0) is 0 Å². The molecule has 0 spiro atoms. The van der Waals surface area contributed by atoms with Crippen molar-refractivity contribution in [1.82, 2.24) is 9.88 Å². The van der Waals surface area contributed by atoms with E-state index < -0.39 is 0 Å². The van der Waals surface area contributed by atoms with Gasteiger partial charge in [-0.1, -0.05) is 0 Å². The van der Waals surface area contributed by atoms with Gasteiger partial charge in [0.15, 0.2) is 0 Å².